The fourth-order valence-corrected chi connectivity index (χ4v) is 9.24. The van der Waals surface area contributed by atoms with E-state index in [1.54, 1.807) is 0 Å². The highest BCUT2D eigenvalue weighted by Crippen LogP contribution is 2.68. The van der Waals surface area contributed by atoms with Crippen molar-refractivity contribution in [2.75, 3.05) is 13.2 Å². The van der Waals surface area contributed by atoms with Crippen LogP contribution in [0.5, 0.6) is 0 Å². The molecule has 0 amide bonds. The van der Waals surface area contributed by atoms with Crippen LogP contribution in [0.1, 0.15) is 98.8 Å². The molecule has 6 nitrogen and oxygen atoms in total. The lowest BCUT2D eigenvalue weighted by molar-refractivity contribution is -0.174. The van der Waals surface area contributed by atoms with Crippen LogP contribution in [0, 0.1) is 52.3 Å². The molecule has 0 bridgehead atoms. The predicted octanol–water partition coefficient (Wildman–Crippen LogP) is 5.14. The molecule has 0 heterocycles. The highest BCUT2D eigenvalue weighted by Gasteiger charge is 2.62. The molecule has 4 saturated carbocycles. The number of aliphatic hydroxyl groups is 2. The maximum absolute atomic E-state index is 12.3. The maximum atomic E-state index is 12.3. The molecule has 4 rings (SSSR count). The Morgan fingerprint density at radius 1 is 0.889 bits per heavy atom. The smallest absolute Gasteiger partial charge is 0.344 e. The number of carbonyl (C=O) groups excluding carboxylic acids is 2. The summed E-state index contributed by atoms with van der Waals surface area (Å²) in [4.78, 5) is 24.0. The van der Waals surface area contributed by atoms with Crippen molar-refractivity contribution in [2.24, 2.45) is 52.3 Å². The van der Waals surface area contributed by atoms with Crippen molar-refractivity contribution in [1.82, 2.24) is 0 Å². The number of esters is 2. The lowest BCUT2D eigenvalue weighted by atomic mass is 9.43. The van der Waals surface area contributed by atoms with Gasteiger partial charge in [0, 0.05) is 6.42 Å². The van der Waals surface area contributed by atoms with Crippen LogP contribution in [-0.2, 0) is 19.1 Å². The molecule has 4 aliphatic rings. The van der Waals surface area contributed by atoms with Crippen LogP contribution in [0.3, 0.4) is 0 Å². The Balaban J connectivity index is 1.33. The van der Waals surface area contributed by atoms with Crippen molar-refractivity contribution < 1.29 is 29.3 Å². The van der Waals surface area contributed by atoms with Gasteiger partial charge in [0.1, 0.15) is 0 Å². The first kappa shape index (κ1) is 27.9. The van der Waals surface area contributed by atoms with E-state index < -0.39 is 5.97 Å². The lowest BCUT2D eigenvalue weighted by Crippen LogP contribution is -2.58. The molecule has 0 aliphatic heterocycles. The Bertz CT molecular complexity index is 796. The van der Waals surface area contributed by atoms with Crippen molar-refractivity contribution in [2.45, 2.75) is 111 Å². The van der Waals surface area contributed by atoms with Crippen LogP contribution in [0.15, 0.2) is 0 Å². The summed E-state index contributed by atoms with van der Waals surface area (Å²) in [6, 6.07) is 0. The van der Waals surface area contributed by atoms with Gasteiger partial charge in [-0.2, -0.15) is 0 Å². The average molecular weight is 507 g/mol. The number of ether oxygens (including phenoxy) is 2. The highest BCUT2D eigenvalue weighted by molar-refractivity contribution is 5.76. The molecule has 36 heavy (non-hydrogen) atoms. The largest absolute Gasteiger partial charge is 0.463 e. The summed E-state index contributed by atoms with van der Waals surface area (Å²) in [5.41, 5.74) is 0.442. The van der Waals surface area contributed by atoms with Crippen LogP contribution in [0.25, 0.3) is 0 Å². The molecule has 0 saturated heterocycles. The van der Waals surface area contributed by atoms with Crippen LogP contribution >= 0.6 is 0 Å². The Morgan fingerprint density at radius 3 is 2.31 bits per heavy atom. The first-order valence-corrected chi connectivity index (χ1v) is 14.6. The van der Waals surface area contributed by atoms with Gasteiger partial charge in [-0.1, -0.05) is 34.6 Å². The fraction of sp³-hybridized carbons (Fsp3) is 0.933. The molecular weight excluding hydrogens is 456 g/mol. The minimum absolute atomic E-state index is 0.198. The van der Waals surface area contributed by atoms with Gasteiger partial charge in [0.05, 0.1) is 18.8 Å². The van der Waals surface area contributed by atoms with E-state index in [1.165, 1.54) is 19.3 Å². The van der Waals surface area contributed by atoms with Crippen LogP contribution in [-0.4, -0.2) is 47.6 Å². The Kier molecular flexibility index (Phi) is 8.46. The molecule has 1 unspecified atom stereocenters. The number of hydrogen-bond acceptors (Lipinski definition) is 6. The van der Waals surface area contributed by atoms with E-state index >= 15 is 0 Å². The summed E-state index contributed by atoms with van der Waals surface area (Å²) in [6.07, 6.45) is 9.00. The van der Waals surface area contributed by atoms with Gasteiger partial charge in [0.2, 0.25) is 0 Å². The number of aliphatic hydroxyl groups excluding tert-OH is 2. The van der Waals surface area contributed by atoms with Gasteiger partial charge in [0.15, 0.2) is 6.61 Å². The third-order valence-electron chi connectivity index (χ3n) is 11.1. The monoisotopic (exact) mass is 506 g/mol. The zero-order valence-electron chi connectivity index (χ0n) is 23.2. The SMILES string of the molecule is CC(C)COC(=O)COC(=O)CC[C@@H](C)[C@H]1CC[C@H]2[C@@H]3[C@@H](O)CC4C[C@@H](O)CC[C@]4(C)[C@H]3CC[C@]12C. The molecule has 0 spiro atoms. The molecule has 4 aliphatic carbocycles. The minimum Gasteiger partial charge on any atom is -0.463 e. The fourth-order valence-electron chi connectivity index (χ4n) is 9.24. The Morgan fingerprint density at radius 2 is 1.58 bits per heavy atom. The van der Waals surface area contributed by atoms with Crippen LogP contribution < -0.4 is 0 Å². The quantitative estimate of drug-likeness (QED) is 0.443. The normalized spacial score (nSPS) is 42.7. The lowest BCUT2D eigenvalue weighted by Gasteiger charge is -2.62. The second-order valence-electron chi connectivity index (χ2n) is 13.7. The van der Waals surface area contributed by atoms with Crippen LogP contribution in [0.4, 0.5) is 0 Å². The molecule has 0 radical (unpaired) electrons. The van der Waals surface area contributed by atoms with Gasteiger partial charge in [-0.05, 0) is 110 Å². The summed E-state index contributed by atoms with van der Waals surface area (Å²) in [7, 11) is 0. The third-order valence-corrected chi connectivity index (χ3v) is 11.1. The minimum atomic E-state index is -0.484. The number of fused-ring (bicyclic) bond motifs is 5. The Hall–Kier alpha value is -1.14. The molecule has 10 atom stereocenters. The molecule has 0 aromatic heterocycles. The van der Waals surface area contributed by atoms with E-state index in [0.717, 1.165) is 38.5 Å². The van der Waals surface area contributed by atoms with E-state index in [0.29, 0.717) is 48.5 Å². The first-order valence-electron chi connectivity index (χ1n) is 14.6. The number of rotatable bonds is 8. The van der Waals surface area contributed by atoms with E-state index in [-0.39, 0.29) is 41.5 Å². The molecule has 206 valence electrons. The maximum Gasteiger partial charge on any atom is 0.344 e. The summed E-state index contributed by atoms with van der Waals surface area (Å²) in [5.74, 6) is 2.26. The summed E-state index contributed by atoms with van der Waals surface area (Å²) >= 11 is 0. The highest BCUT2D eigenvalue weighted by atomic mass is 16.6. The summed E-state index contributed by atoms with van der Waals surface area (Å²) in [5, 5.41) is 21.7. The second-order valence-corrected chi connectivity index (χ2v) is 13.7. The van der Waals surface area contributed by atoms with E-state index in [4.69, 9.17) is 9.47 Å². The van der Waals surface area contributed by atoms with Gasteiger partial charge in [-0.15, -0.1) is 0 Å². The van der Waals surface area contributed by atoms with Crippen molar-refractivity contribution in [3.8, 4) is 0 Å². The second kappa shape index (κ2) is 10.9. The van der Waals surface area contributed by atoms with Gasteiger partial charge < -0.3 is 19.7 Å². The third kappa shape index (κ3) is 5.36. The van der Waals surface area contributed by atoms with Crippen molar-refractivity contribution in [3.63, 3.8) is 0 Å². The van der Waals surface area contributed by atoms with E-state index in [9.17, 15) is 19.8 Å². The van der Waals surface area contributed by atoms with Gasteiger partial charge in [-0.3, -0.25) is 4.79 Å². The number of hydrogen-bond donors (Lipinski definition) is 2. The average Bonchev–Trinajstić information content (AvgIpc) is 3.18. The molecule has 0 aromatic rings. The van der Waals surface area contributed by atoms with E-state index in [1.807, 2.05) is 13.8 Å². The van der Waals surface area contributed by atoms with E-state index in [2.05, 4.69) is 20.8 Å². The summed E-state index contributed by atoms with van der Waals surface area (Å²) < 4.78 is 10.3. The number of carbonyl (C=O) groups is 2. The van der Waals surface area contributed by atoms with Gasteiger partial charge >= 0.3 is 11.9 Å². The molecule has 0 aromatic carbocycles. The van der Waals surface area contributed by atoms with Crippen molar-refractivity contribution in [3.05, 3.63) is 0 Å². The van der Waals surface area contributed by atoms with Gasteiger partial charge in [-0.25, -0.2) is 4.79 Å². The molecule has 4 fully saturated rings. The van der Waals surface area contributed by atoms with Crippen LogP contribution in [0.2, 0.25) is 0 Å². The first-order chi connectivity index (χ1) is 17.0. The zero-order valence-corrected chi connectivity index (χ0v) is 23.2. The standard InChI is InChI=1S/C30H50O6/c1-18(2)16-35-27(34)17-36-26(33)9-6-19(3)22-7-8-23-28-24(11-13-30(22,23)5)29(4)12-10-21(31)14-20(29)15-25(28)32/h18-25,28,31-32H,6-17H2,1-5H3/t19-,20?,21+,22-,23+,24+,25+,28+,29+,30-/m1/s1. The molecule has 6 heteroatoms. The van der Waals surface area contributed by atoms with Crippen molar-refractivity contribution in [1.29, 1.82) is 0 Å². The Labute approximate surface area is 217 Å². The topological polar surface area (TPSA) is 93.1 Å². The molecular formula is C30H50O6. The van der Waals surface area contributed by atoms with Crippen molar-refractivity contribution >= 4 is 11.9 Å². The van der Waals surface area contributed by atoms with Gasteiger partial charge in [0.25, 0.3) is 0 Å². The predicted molar refractivity (Wildman–Crippen MR) is 138 cm³/mol. The molecule has 2 N–H and O–H groups in total. The summed E-state index contributed by atoms with van der Waals surface area (Å²) in [6.45, 7) is 11.1. The zero-order chi connectivity index (χ0) is 26.3.